The molecule has 0 aliphatic carbocycles. The molecule has 0 saturated carbocycles. The van der Waals surface area contributed by atoms with E-state index in [4.69, 9.17) is 0 Å². The number of rotatable bonds is 5. The van der Waals surface area contributed by atoms with Crippen LogP contribution in [-0.2, 0) is 4.79 Å². The van der Waals surface area contributed by atoms with Crippen LogP contribution in [0, 0.1) is 12.8 Å². The van der Waals surface area contributed by atoms with E-state index >= 15 is 0 Å². The van der Waals surface area contributed by atoms with Crippen molar-refractivity contribution in [3.8, 4) is 0 Å². The molecule has 100 valence electrons. The summed E-state index contributed by atoms with van der Waals surface area (Å²) in [5.41, 5.74) is 0.281. The lowest BCUT2D eigenvalue weighted by Crippen LogP contribution is -2.49. The van der Waals surface area contributed by atoms with Gasteiger partial charge in [-0.2, -0.15) is 0 Å². The van der Waals surface area contributed by atoms with Crippen LogP contribution in [0.15, 0.2) is 24.3 Å². The molecule has 2 N–H and O–H groups in total. The van der Waals surface area contributed by atoms with Crippen molar-refractivity contribution in [1.82, 2.24) is 0 Å². The molecule has 2 unspecified atom stereocenters. The predicted octanol–water partition coefficient (Wildman–Crippen LogP) is 2.96. The van der Waals surface area contributed by atoms with Crippen molar-refractivity contribution >= 4 is 5.97 Å². The van der Waals surface area contributed by atoms with E-state index in [0.717, 1.165) is 11.1 Å². The van der Waals surface area contributed by atoms with Gasteiger partial charge in [-0.15, -0.1) is 0 Å². The maximum absolute atomic E-state index is 11.5. The molecule has 0 saturated heterocycles. The standard InChI is InChI=1S/C15H22O3/c1-5-13(12-8-6-11(4)7-9-12)15(18,10(2)3)14(16)17/h6-10,13,18H,5H2,1-4H3,(H,16,17). The smallest absolute Gasteiger partial charge is 0.336 e. The second-order valence-electron chi connectivity index (χ2n) is 5.16. The number of carbonyl (C=O) groups is 1. The quantitative estimate of drug-likeness (QED) is 0.844. The van der Waals surface area contributed by atoms with Crippen LogP contribution in [0.4, 0.5) is 0 Å². The van der Waals surface area contributed by atoms with Gasteiger partial charge in [0.25, 0.3) is 0 Å². The first-order valence-corrected chi connectivity index (χ1v) is 6.36. The monoisotopic (exact) mass is 250 g/mol. The molecular formula is C15H22O3. The van der Waals surface area contributed by atoms with E-state index in [0.29, 0.717) is 6.42 Å². The average molecular weight is 250 g/mol. The number of hydrogen-bond acceptors (Lipinski definition) is 2. The van der Waals surface area contributed by atoms with Gasteiger partial charge in [-0.3, -0.25) is 0 Å². The van der Waals surface area contributed by atoms with Gasteiger partial charge in [-0.1, -0.05) is 50.6 Å². The van der Waals surface area contributed by atoms with Crippen LogP contribution in [-0.4, -0.2) is 21.8 Å². The molecule has 0 aliphatic rings. The Balaban J connectivity index is 3.22. The Kier molecular flexibility index (Phi) is 4.52. The minimum atomic E-state index is -1.72. The zero-order valence-corrected chi connectivity index (χ0v) is 11.5. The van der Waals surface area contributed by atoms with Crippen LogP contribution < -0.4 is 0 Å². The molecule has 18 heavy (non-hydrogen) atoms. The summed E-state index contributed by atoms with van der Waals surface area (Å²) in [6.45, 7) is 7.37. The summed E-state index contributed by atoms with van der Waals surface area (Å²) in [4.78, 5) is 11.5. The SMILES string of the molecule is CCC(c1ccc(C)cc1)C(O)(C(=O)O)C(C)C. The molecule has 0 spiro atoms. The molecule has 1 aromatic rings. The fourth-order valence-corrected chi connectivity index (χ4v) is 2.40. The van der Waals surface area contributed by atoms with Gasteiger partial charge in [0, 0.05) is 5.92 Å². The first-order chi connectivity index (χ1) is 8.33. The molecule has 0 heterocycles. The Hall–Kier alpha value is -1.35. The summed E-state index contributed by atoms with van der Waals surface area (Å²) < 4.78 is 0. The summed E-state index contributed by atoms with van der Waals surface area (Å²) in [5, 5.41) is 19.9. The molecule has 1 aromatic carbocycles. The predicted molar refractivity (Wildman–Crippen MR) is 71.6 cm³/mol. The summed E-state index contributed by atoms with van der Waals surface area (Å²) in [6, 6.07) is 7.70. The first-order valence-electron chi connectivity index (χ1n) is 6.36. The number of carboxylic acid groups (broad SMARTS) is 1. The van der Waals surface area contributed by atoms with Gasteiger partial charge in [-0.05, 0) is 24.8 Å². The van der Waals surface area contributed by atoms with E-state index in [1.165, 1.54) is 0 Å². The van der Waals surface area contributed by atoms with Crippen molar-refractivity contribution in [1.29, 1.82) is 0 Å². The lowest BCUT2D eigenvalue weighted by Gasteiger charge is -2.35. The number of hydrogen-bond donors (Lipinski definition) is 2. The molecule has 3 heteroatoms. The van der Waals surface area contributed by atoms with E-state index in [-0.39, 0.29) is 5.92 Å². The van der Waals surface area contributed by atoms with Gasteiger partial charge in [-0.25, -0.2) is 4.79 Å². The lowest BCUT2D eigenvalue weighted by atomic mass is 9.73. The van der Waals surface area contributed by atoms with E-state index in [2.05, 4.69) is 0 Å². The molecule has 1 rings (SSSR count). The van der Waals surface area contributed by atoms with Gasteiger partial charge in [0.1, 0.15) is 0 Å². The summed E-state index contributed by atoms with van der Waals surface area (Å²) in [7, 11) is 0. The van der Waals surface area contributed by atoms with Crippen LogP contribution in [0.5, 0.6) is 0 Å². The van der Waals surface area contributed by atoms with Crippen molar-refractivity contribution in [3.05, 3.63) is 35.4 Å². The highest BCUT2D eigenvalue weighted by Crippen LogP contribution is 2.37. The van der Waals surface area contributed by atoms with Crippen molar-refractivity contribution < 1.29 is 15.0 Å². The highest BCUT2D eigenvalue weighted by atomic mass is 16.4. The van der Waals surface area contributed by atoms with E-state index in [1.807, 2.05) is 38.1 Å². The Bertz CT molecular complexity index is 408. The van der Waals surface area contributed by atoms with Gasteiger partial charge < -0.3 is 10.2 Å². The molecule has 0 bridgehead atoms. The molecule has 0 fully saturated rings. The second kappa shape index (κ2) is 5.53. The molecule has 0 aromatic heterocycles. The molecule has 0 aliphatic heterocycles. The summed E-state index contributed by atoms with van der Waals surface area (Å²) in [6.07, 6.45) is 0.587. The van der Waals surface area contributed by atoms with Crippen molar-refractivity contribution in [2.75, 3.05) is 0 Å². The summed E-state index contributed by atoms with van der Waals surface area (Å²) in [5.74, 6) is -1.89. The van der Waals surface area contributed by atoms with Crippen LogP contribution in [0.2, 0.25) is 0 Å². The van der Waals surface area contributed by atoms with Gasteiger partial charge >= 0.3 is 5.97 Å². The summed E-state index contributed by atoms with van der Waals surface area (Å²) >= 11 is 0. The topological polar surface area (TPSA) is 57.5 Å². The molecule has 0 radical (unpaired) electrons. The third-order valence-corrected chi connectivity index (χ3v) is 3.64. The van der Waals surface area contributed by atoms with E-state index < -0.39 is 17.5 Å². The minimum Gasteiger partial charge on any atom is -0.479 e. The fourth-order valence-electron chi connectivity index (χ4n) is 2.40. The second-order valence-corrected chi connectivity index (χ2v) is 5.16. The Morgan fingerprint density at radius 1 is 1.28 bits per heavy atom. The first kappa shape index (κ1) is 14.7. The Labute approximate surface area is 108 Å². The van der Waals surface area contributed by atoms with E-state index in [1.54, 1.807) is 13.8 Å². The largest absolute Gasteiger partial charge is 0.479 e. The third kappa shape index (κ3) is 2.56. The minimum absolute atomic E-state index is 0.346. The van der Waals surface area contributed by atoms with Crippen molar-refractivity contribution in [2.45, 2.75) is 45.6 Å². The molecule has 2 atom stereocenters. The van der Waals surface area contributed by atoms with Gasteiger partial charge in [0.15, 0.2) is 5.60 Å². The maximum Gasteiger partial charge on any atom is 0.336 e. The van der Waals surface area contributed by atoms with Crippen molar-refractivity contribution in [2.24, 2.45) is 5.92 Å². The number of aliphatic hydroxyl groups is 1. The van der Waals surface area contributed by atoms with Crippen molar-refractivity contribution in [3.63, 3.8) is 0 Å². The normalized spacial score (nSPS) is 16.3. The number of aliphatic carboxylic acids is 1. The lowest BCUT2D eigenvalue weighted by molar-refractivity contribution is -0.167. The zero-order valence-electron chi connectivity index (χ0n) is 11.5. The Morgan fingerprint density at radius 3 is 2.11 bits per heavy atom. The van der Waals surface area contributed by atoms with E-state index in [9.17, 15) is 15.0 Å². The number of carboxylic acids is 1. The number of benzene rings is 1. The highest BCUT2D eigenvalue weighted by Gasteiger charge is 2.46. The van der Waals surface area contributed by atoms with Crippen LogP contribution in [0.3, 0.4) is 0 Å². The number of aryl methyl sites for hydroxylation is 1. The van der Waals surface area contributed by atoms with Crippen LogP contribution in [0.25, 0.3) is 0 Å². The molecule has 0 amide bonds. The van der Waals surface area contributed by atoms with Crippen LogP contribution >= 0.6 is 0 Å². The van der Waals surface area contributed by atoms with Gasteiger partial charge in [0.2, 0.25) is 0 Å². The maximum atomic E-state index is 11.5. The molecular weight excluding hydrogens is 228 g/mol. The average Bonchev–Trinajstić information content (AvgIpc) is 2.31. The molecule has 3 nitrogen and oxygen atoms in total. The highest BCUT2D eigenvalue weighted by molar-refractivity contribution is 5.79. The fraction of sp³-hybridized carbons (Fsp3) is 0.533. The van der Waals surface area contributed by atoms with Crippen LogP contribution in [0.1, 0.15) is 44.2 Å². The van der Waals surface area contributed by atoms with Gasteiger partial charge in [0.05, 0.1) is 0 Å². The zero-order chi connectivity index (χ0) is 13.9. The third-order valence-electron chi connectivity index (χ3n) is 3.64. The Morgan fingerprint density at radius 2 is 1.78 bits per heavy atom.